The topological polar surface area (TPSA) is 29.1 Å². The van der Waals surface area contributed by atoms with Gasteiger partial charge in [-0.2, -0.15) is 0 Å². The highest BCUT2D eigenvalue weighted by Gasteiger charge is 2.12. The van der Waals surface area contributed by atoms with Crippen LogP contribution in [0.15, 0.2) is 51.8 Å². The number of thiol groups is 1. The number of halogens is 2. The average Bonchev–Trinajstić information content (AvgIpc) is 2.32. The minimum absolute atomic E-state index is 0.0255. The van der Waals surface area contributed by atoms with E-state index in [1.807, 2.05) is 6.07 Å². The van der Waals surface area contributed by atoms with Gasteiger partial charge in [0.15, 0.2) is 0 Å². The monoisotopic (exact) mass is 325 g/mol. The molecule has 0 aliphatic rings. The van der Waals surface area contributed by atoms with E-state index in [9.17, 15) is 9.18 Å². The lowest BCUT2D eigenvalue weighted by atomic mass is 10.2. The molecule has 0 radical (unpaired) electrons. The van der Waals surface area contributed by atoms with E-state index in [0.29, 0.717) is 10.6 Å². The van der Waals surface area contributed by atoms with Crippen LogP contribution < -0.4 is 5.32 Å². The first-order valence-corrected chi connectivity index (χ1v) is 6.36. The van der Waals surface area contributed by atoms with Gasteiger partial charge in [0.25, 0.3) is 5.91 Å². The molecule has 0 unspecified atom stereocenters. The summed E-state index contributed by atoms with van der Waals surface area (Å²) in [4.78, 5) is 12.4. The lowest BCUT2D eigenvalue weighted by Crippen LogP contribution is -2.13. The minimum atomic E-state index is -0.569. The van der Waals surface area contributed by atoms with Gasteiger partial charge in [0.2, 0.25) is 0 Å². The zero-order valence-corrected chi connectivity index (χ0v) is 11.6. The van der Waals surface area contributed by atoms with Gasteiger partial charge >= 0.3 is 0 Å². The molecule has 18 heavy (non-hydrogen) atoms. The zero-order chi connectivity index (χ0) is 13.1. The molecule has 0 aromatic heterocycles. The molecule has 0 saturated carbocycles. The van der Waals surface area contributed by atoms with Crippen LogP contribution in [0.2, 0.25) is 0 Å². The van der Waals surface area contributed by atoms with Crippen LogP contribution >= 0.6 is 28.6 Å². The molecule has 0 spiro atoms. The fraction of sp³-hybridized carbons (Fsp3) is 0. The molecule has 1 amide bonds. The Balaban J connectivity index is 2.24. The van der Waals surface area contributed by atoms with E-state index in [1.165, 1.54) is 18.2 Å². The van der Waals surface area contributed by atoms with Crippen molar-refractivity contribution in [2.24, 2.45) is 0 Å². The highest BCUT2D eigenvalue weighted by atomic mass is 79.9. The van der Waals surface area contributed by atoms with Crippen molar-refractivity contribution >= 4 is 40.2 Å². The Morgan fingerprint density at radius 3 is 2.72 bits per heavy atom. The quantitative estimate of drug-likeness (QED) is 0.799. The number of nitrogens with one attached hydrogen (secondary N) is 1. The molecule has 2 aromatic rings. The summed E-state index contributed by atoms with van der Waals surface area (Å²) in [6, 6.07) is 11.2. The van der Waals surface area contributed by atoms with E-state index in [-0.39, 0.29) is 5.56 Å². The second-order valence-corrected chi connectivity index (χ2v) is 5.06. The third kappa shape index (κ3) is 3.11. The van der Waals surface area contributed by atoms with Crippen molar-refractivity contribution in [1.29, 1.82) is 0 Å². The highest BCUT2D eigenvalue weighted by Crippen LogP contribution is 2.18. The first-order chi connectivity index (χ1) is 8.56. The molecule has 5 heteroatoms. The highest BCUT2D eigenvalue weighted by molar-refractivity contribution is 9.10. The van der Waals surface area contributed by atoms with E-state index in [0.717, 1.165) is 4.47 Å². The van der Waals surface area contributed by atoms with Gasteiger partial charge in [0.1, 0.15) is 5.82 Å². The van der Waals surface area contributed by atoms with Crippen LogP contribution in [0.3, 0.4) is 0 Å². The number of hydrogen-bond acceptors (Lipinski definition) is 2. The maximum absolute atomic E-state index is 13.5. The normalized spacial score (nSPS) is 10.2. The van der Waals surface area contributed by atoms with E-state index in [4.69, 9.17) is 0 Å². The van der Waals surface area contributed by atoms with Crippen LogP contribution in [0.5, 0.6) is 0 Å². The van der Waals surface area contributed by atoms with Crippen LogP contribution in [0, 0.1) is 5.82 Å². The predicted octanol–water partition coefficient (Wildman–Crippen LogP) is 4.13. The molecule has 0 atom stereocenters. The largest absolute Gasteiger partial charge is 0.322 e. The molecule has 0 saturated heterocycles. The van der Waals surface area contributed by atoms with Crippen molar-refractivity contribution in [3.05, 3.63) is 58.3 Å². The molecule has 0 bridgehead atoms. The van der Waals surface area contributed by atoms with Crippen molar-refractivity contribution < 1.29 is 9.18 Å². The van der Waals surface area contributed by atoms with E-state index >= 15 is 0 Å². The standard InChI is InChI=1S/C13H9BrFNOS/c14-8-2-1-3-9(6-8)16-13(17)11-7-10(18)4-5-12(11)15/h1-7,18H,(H,16,17). The fourth-order valence-electron chi connectivity index (χ4n) is 1.45. The lowest BCUT2D eigenvalue weighted by molar-refractivity contribution is 0.102. The second kappa shape index (κ2) is 5.54. The summed E-state index contributed by atoms with van der Waals surface area (Å²) < 4.78 is 14.3. The van der Waals surface area contributed by atoms with Crippen molar-refractivity contribution in [3.63, 3.8) is 0 Å². The molecular weight excluding hydrogens is 317 g/mol. The summed E-state index contributed by atoms with van der Waals surface area (Å²) in [5.41, 5.74) is 0.570. The zero-order valence-electron chi connectivity index (χ0n) is 9.15. The van der Waals surface area contributed by atoms with E-state index in [1.54, 1.807) is 18.2 Å². The number of benzene rings is 2. The molecule has 2 rings (SSSR count). The number of carbonyl (C=O) groups excluding carboxylic acids is 1. The number of rotatable bonds is 2. The maximum atomic E-state index is 13.5. The summed E-state index contributed by atoms with van der Waals surface area (Å²) in [6.07, 6.45) is 0. The first-order valence-electron chi connectivity index (χ1n) is 5.12. The summed E-state index contributed by atoms with van der Waals surface area (Å²) in [5, 5.41) is 2.62. The molecule has 0 aliphatic carbocycles. The van der Waals surface area contributed by atoms with Gasteiger partial charge in [-0.25, -0.2) is 4.39 Å². The Morgan fingerprint density at radius 2 is 2.00 bits per heavy atom. The smallest absolute Gasteiger partial charge is 0.258 e. The summed E-state index contributed by atoms with van der Waals surface area (Å²) in [7, 11) is 0. The van der Waals surface area contributed by atoms with Crippen molar-refractivity contribution in [2.75, 3.05) is 5.32 Å². The predicted molar refractivity (Wildman–Crippen MR) is 75.7 cm³/mol. The third-order valence-corrected chi connectivity index (χ3v) is 3.05. The molecular formula is C13H9BrFNOS. The Morgan fingerprint density at radius 1 is 1.22 bits per heavy atom. The fourth-order valence-corrected chi connectivity index (χ4v) is 2.05. The number of carbonyl (C=O) groups is 1. The van der Waals surface area contributed by atoms with Gasteiger partial charge < -0.3 is 5.32 Å². The average molecular weight is 326 g/mol. The van der Waals surface area contributed by atoms with Crippen molar-refractivity contribution in [2.45, 2.75) is 4.90 Å². The van der Waals surface area contributed by atoms with Gasteiger partial charge in [-0.05, 0) is 36.4 Å². The van der Waals surface area contributed by atoms with Crippen molar-refractivity contribution in [3.8, 4) is 0 Å². The van der Waals surface area contributed by atoms with Gasteiger partial charge in [0.05, 0.1) is 5.56 Å². The number of hydrogen-bond donors (Lipinski definition) is 2. The van der Waals surface area contributed by atoms with E-state index in [2.05, 4.69) is 33.9 Å². The molecule has 0 heterocycles. The molecule has 2 nitrogen and oxygen atoms in total. The van der Waals surface area contributed by atoms with Crippen LogP contribution in [0.4, 0.5) is 10.1 Å². The third-order valence-electron chi connectivity index (χ3n) is 2.28. The second-order valence-electron chi connectivity index (χ2n) is 3.63. The summed E-state index contributed by atoms with van der Waals surface area (Å²) >= 11 is 7.38. The van der Waals surface area contributed by atoms with Crippen LogP contribution in [-0.2, 0) is 0 Å². The van der Waals surface area contributed by atoms with Gasteiger partial charge in [-0.3, -0.25) is 4.79 Å². The number of amides is 1. The SMILES string of the molecule is O=C(Nc1cccc(Br)c1)c1cc(S)ccc1F. The maximum Gasteiger partial charge on any atom is 0.258 e. The Bertz CT molecular complexity index is 603. The Kier molecular flexibility index (Phi) is 4.04. The van der Waals surface area contributed by atoms with Gasteiger partial charge in [-0.15, -0.1) is 12.6 Å². The van der Waals surface area contributed by atoms with Gasteiger partial charge in [-0.1, -0.05) is 22.0 Å². The molecule has 92 valence electrons. The van der Waals surface area contributed by atoms with Crippen LogP contribution in [0.25, 0.3) is 0 Å². The first kappa shape index (κ1) is 13.1. The van der Waals surface area contributed by atoms with Crippen LogP contribution in [-0.4, -0.2) is 5.91 Å². The molecule has 0 aliphatic heterocycles. The minimum Gasteiger partial charge on any atom is -0.322 e. The molecule has 0 fully saturated rings. The lowest BCUT2D eigenvalue weighted by Gasteiger charge is -2.07. The van der Waals surface area contributed by atoms with Crippen LogP contribution in [0.1, 0.15) is 10.4 Å². The van der Waals surface area contributed by atoms with Crippen molar-refractivity contribution in [1.82, 2.24) is 0 Å². The summed E-state index contributed by atoms with van der Waals surface area (Å²) in [6.45, 7) is 0. The molecule has 2 aromatic carbocycles. The van der Waals surface area contributed by atoms with E-state index < -0.39 is 11.7 Å². The molecule has 1 N–H and O–H groups in total. The number of anilines is 1. The Labute approximate surface area is 118 Å². The Hall–Kier alpha value is -1.33. The van der Waals surface area contributed by atoms with Gasteiger partial charge in [0, 0.05) is 15.1 Å². The summed E-state index contributed by atoms with van der Waals surface area (Å²) in [5.74, 6) is -1.07.